The molecule has 0 aliphatic carbocycles. The molecule has 2 aromatic rings. The van der Waals surface area contributed by atoms with E-state index in [1.807, 2.05) is 0 Å². The summed E-state index contributed by atoms with van der Waals surface area (Å²) in [6.45, 7) is 0. The Morgan fingerprint density at radius 1 is 1.04 bits per heavy atom. The van der Waals surface area contributed by atoms with Gasteiger partial charge in [0.1, 0.15) is 5.82 Å². The van der Waals surface area contributed by atoms with Crippen LogP contribution in [0.5, 0.6) is 5.75 Å². The summed E-state index contributed by atoms with van der Waals surface area (Å²) in [4.78, 5) is 0. The molecule has 2 aromatic carbocycles. The molecule has 0 atom stereocenters. The van der Waals surface area contributed by atoms with Gasteiger partial charge in [0.2, 0.25) is 0 Å². The smallest absolute Gasteiger partial charge is 0.123 e. The Morgan fingerprint density at radius 2 is 1.56 bits per heavy atom. The SMILES string of the molecule is CO.C[O-].[O-2].[O-]/C(=N\N=C\c1ccccc1[O-])c1ccc(F)cc1.[V]. The van der Waals surface area contributed by atoms with Gasteiger partial charge in [-0.3, -0.25) is 0 Å². The molecule has 0 aliphatic heterocycles. The topological polar surface area (TPSA) is 143 Å². The van der Waals surface area contributed by atoms with Crippen LogP contribution in [0, 0.1) is 5.82 Å². The van der Waals surface area contributed by atoms with E-state index in [0.717, 1.165) is 14.2 Å². The van der Waals surface area contributed by atoms with Crippen LogP contribution in [0.15, 0.2) is 58.7 Å². The van der Waals surface area contributed by atoms with Gasteiger partial charge in [-0.05, 0) is 23.3 Å². The number of nitrogens with zero attached hydrogens (tertiary/aromatic N) is 2. The largest absolute Gasteiger partial charge is 2.00 e. The van der Waals surface area contributed by atoms with Crippen LogP contribution in [0.4, 0.5) is 4.39 Å². The molecule has 0 fully saturated rings. The van der Waals surface area contributed by atoms with Crippen LogP contribution in [0.1, 0.15) is 11.1 Å². The molecule has 0 heterocycles. The van der Waals surface area contributed by atoms with Crippen LogP contribution < -0.4 is 15.3 Å². The molecular formula is C16H16FN2O5V-5. The van der Waals surface area contributed by atoms with E-state index in [1.54, 1.807) is 18.2 Å². The number of rotatable bonds is 3. The maximum absolute atomic E-state index is 12.7. The molecule has 0 saturated carbocycles. The normalized spacial score (nSPS) is 9.56. The van der Waals surface area contributed by atoms with E-state index < -0.39 is 11.7 Å². The van der Waals surface area contributed by atoms with Gasteiger partial charge in [0.05, 0.1) is 6.21 Å². The minimum Gasteiger partial charge on any atom is -2.00 e. The second-order valence-corrected chi connectivity index (χ2v) is 3.69. The van der Waals surface area contributed by atoms with Gasteiger partial charge >= 0.3 is 0 Å². The van der Waals surface area contributed by atoms with Crippen LogP contribution in [0.25, 0.3) is 0 Å². The van der Waals surface area contributed by atoms with Gasteiger partial charge in [0, 0.05) is 31.6 Å². The minimum absolute atomic E-state index is 0. The first-order valence-electron chi connectivity index (χ1n) is 6.32. The van der Waals surface area contributed by atoms with Crippen molar-refractivity contribution in [3.8, 4) is 5.75 Å². The van der Waals surface area contributed by atoms with E-state index in [0.29, 0.717) is 5.56 Å². The predicted octanol–water partition coefficient (Wildman–Crippen LogP) is -0.496. The second kappa shape index (κ2) is 16.6. The average Bonchev–Trinajstić information content (AvgIpc) is 2.60. The summed E-state index contributed by atoms with van der Waals surface area (Å²) in [6, 6.07) is 11.2. The molecule has 9 heteroatoms. The first kappa shape index (κ1) is 27.6. The molecule has 0 spiro atoms. The third kappa shape index (κ3) is 10.3. The van der Waals surface area contributed by atoms with Crippen LogP contribution in [0.3, 0.4) is 0 Å². The third-order valence-electron chi connectivity index (χ3n) is 2.36. The van der Waals surface area contributed by atoms with Crippen molar-refractivity contribution >= 4 is 12.1 Å². The number of halogens is 1. The van der Waals surface area contributed by atoms with Crippen molar-refractivity contribution in [3.05, 3.63) is 65.5 Å². The van der Waals surface area contributed by atoms with Gasteiger partial charge in [-0.15, -0.1) is 0 Å². The molecule has 0 saturated heterocycles. The summed E-state index contributed by atoms with van der Waals surface area (Å²) in [6.07, 6.45) is 1.21. The van der Waals surface area contributed by atoms with Gasteiger partial charge in [0.15, 0.2) is 0 Å². The number of aliphatic hydroxyl groups is 1. The number of para-hydroxylation sites is 1. The number of aliphatic hydroxyl groups excluding tert-OH is 1. The molecule has 25 heavy (non-hydrogen) atoms. The van der Waals surface area contributed by atoms with Gasteiger partial charge in [0.25, 0.3) is 0 Å². The number of hydrogen-bond acceptors (Lipinski definition) is 6. The molecule has 0 unspecified atom stereocenters. The Labute approximate surface area is 157 Å². The molecule has 0 aliphatic rings. The molecule has 1 N–H and O–H groups in total. The van der Waals surface area contributed by atoms with Crippen molar-refractivity contribution in [3.63, 3.8) is 0 Å². The Morgan fingerprint density at radius 3 is 2.08 bits per heavy atom. The van der Waals surface area contributed by atoms with Gasteiger partial charge < -0.3 is 25.9 Å². The van der Waals surface area contributed by atoms with E-state index in [2.05, 4.69) is 10.2 Å². The van der Waals surface area contributed by atoms with Crippen LogP contribution >= 0.6 is 0 Å². The maximum atomic E-state index is 12.7. The summed E-state index contributed by atoms with van der Waals surface area (Å²) in [7, 11) is 1.75. The summed E-state index contributed by atoms with van der Waals surface area (Å²) in [5.41, 5.74) is 0.576. The fraction of sp³-hybridized carbons (Fsp3) is 0.125. The van der Waals surface area contributed by atoms with E-state index in [-0.39, 0.29) is 35.3 Å². The standard InChI is InChI=1S/C14H11FN2O2.CH4O.CH3O.O.V/c15-12-7-5-10(6-8-12)14(19)17-16-9-11-3-1-2-4-13(11)18;2*1-2;;/h1-9,18H,(H,17,19);2H,1H3;1H3;;/q;;-1;-2;/p-2/b16-9+;;;;. The van der Waals surface area contributed by atoms with Crippen molar-refractivity contribution in [1.29, 1.82) is 0 Å². The Hall–Kier alpha value is -2.23. The summed E-state index contributed by atoms with van der Waals surface area (Å²) in [5.74, 6) is -1.23. The van der Waals surface area contributed by atoms with Crippen molar-refractivity contribution in [2.45, 2.75) is 0 Å². The van der Waals surface area contributed by atoms with Gasteiger partial charge in [-0.25, -0.2) is 4.39 Å². The maximum Gasteiger partial charge on any atom is 0.123 e. The third-order valence-corrected chi connectivity index (χ3v) is 2.36. The zero-order valence-electron chi connectivity index (χ0n) is 13.5. The first-order chi connectivity index (χ1) is 11.2. The Balaban J connectivity index is -0.000000752. The minimum atomic E-state index is -0.598. The fourth-order valence-electron chi connectivity index (χ4n) is 1.38. The average molecular weight is 386 g/mol. The molecular weight excluding hydrogens is 370 g/mol. The first-order valence-corrected chi connectivity index (χ1v) is 6.32. The monoisotopic (exact) mass is 386 g/mol. The zero-order chi connectivity index (χ0) is 17.7. The van der Waals surface area contributed by atoms with E-state index >= 15 is 0 Å². The quantitative estimate of drug-likeness (QED) is 0.431. The molecule has 0 amide bonds. The van der Waals surface area contributed by atoms with E-state index in [4.69, 9.17) is 10.2 Å². The molecule has 0 aromatic heterocycles. The van der Waals surface area contributed by atoms with E-state index in [9.17, 15) is 14.6 Å². The summed E-state index contributed by atoms with van der Waals surface area (Å²) >= 11 is 0. The van der Waals surface area contributed by atoms with E-state index in [1.165, 1.54) is 36.5 Å². The zero-order valence-corrected chi connectivity index (χ0v) is 14.9. The fourth-order valence-corrected chi connectivity index (χ4v) is 1.38. The summed E-state index contributed by atoms with van der Waals surface area (Å²) < 4.78 is 12.7. The van der Waals surface area contributed by atoms with Crippen LogP contribution in [-0.4, -0.2) is 31.4 Å². The molecule has 2 rings (SSSR count). The Kier molecular flexibility index (Phi) is 18.4. The molecule has 1 radical (unpaired) electrons. The van der Waals surface area contributed by atoms with Crippen LogP contribution in [-0.2, 0) is 24.0 Å². The summed E-state index contributed by atoms with van der Waals surface area (Å²) in [5, 5.41) is 45.1. The molecule has 0 bridgehead atoms. The van der Waals surface area contributed by atoms with Crippen LogP contribution in [0.2, 0.25) is 0 Å². The van der Waals surface area contributed by atoms with Gasteiger partial charge in [-0.1, -0.05) is 42.1 Å². The number of benzene rings is 2. The second-order valence-electron chi connectivity index (χ2n) is 3.69. The molecule has 7 nitrogen and oxygen atoms in total. The van der Waals surface area contributed by atoms with Crippen molar-refractivity contribution in [2.75, 3.05) is 14.2 Å². The number of hydrogen-bond donors (Lipinski definition) is 1. The van der Waals surface area contributed by atoms with Gasteiger partial charge in [-0.2, -0.15) is 17.3 Å². The van der Waals surface area contributed by atoms with Crippen molar-refractivity contribution in [1.82, 2.24) is 0 Å². The molecule has 137 valence electrons. The Bertz CT molecular complexity index is 637. The predicted molar refractivity (Wildman–Crippen MR) is 81.2 cm³/mol. The van der Waals surface area contributed by atoms with Crippen molar-refractivity contribution < 1.29 is 48.8 Å². The van der Waals surface area contributed by atoms with Crippen molar-refractivity contribution in [2.24, 2.45) is 10.2 Å².